The highest BCUT2D eigenvalue weighted by Crippen LogP contribution is 2.31. The standard InChI is InChI=1S/C13H15N3O/c1-8-2-3-9-4-5-10(6-12(9)17-8)11-7-13(14)16-15-11/h4-8H,2-3H2,1H3,(H3,14,15,16). The fourth-order valence-electron chi connectivity index (χ4n) is 2.16. The van der Waals surface area contributed by atoms with Crippen molar-refractivity contribution in [3.63, 3.8) is 0 Å². The molecular weight excluding hydrogens is 214 g/mol. The fraction of sp³-hybridized carbons (Fsp3) is 0.308. The van der Waals surface area contributed by atoms with Crippen LogP contribution in [0, 0.1) is 0 Å². The highest BCUT2D eigenvalue weighted by molar-refractivity contribution is 5.65. The number of nitrogens with one attached hydrogen (secondary N) is 1. The molecule has 0 radical (unpaired) electrons. The second kappa shape index (κ2) is 3.80. The molecule has 4 nitrogen and oxygen atoms in total. The summed E-state index contributed by atoms with van der Waals surface area (Å²) in [4.78, 5) is 0. The highest BCUT2D eigenvalue weighted by atomic mass is 16.5. The predicted octanol–water partition coefficient (Wildman–Crippen LogP) is 2.37. The van der Waals surface area contributed by atoms with E-state index in [4.69, 9.17) is 10.5 Å². The SMILES string of the molecule is CC1CCc2ccc(-c3cc(N)n[nH]3)cc2O1. The van der Waals surface area contributed by atoms with E-state index < -0.39 is 0 Å². The van der Waals surface area contributed by atoms with Gasteiger partial charge in [0, 0.05) is 11.6 Å². The van der Waals surface area contributed by atoms with E-state index in [0.717, 1.165) is 29.8 Å². The molecule has 0 fully saturated rings. The molecule has 3 N–H and O–H groups in total. The Balaban J connectivity index is 2.00. The highest BCUT2D eigenvalue weighted by Gasteiger charge is 2.16. The quantitative estimate of drug-likeness (QED) is 0.789. The number of ether oxygens (including phenoxy) is 1. The monoisotopic (exact) mass is 229 g/mol. The first-order valence-electron chi connectivity index (χ1n) is 5.83. The van der Waals surface area contributed by atoms with E-state index in [1.54, 1.807) is 0 Å². The lowest BCUT2D eigenvalue weighted by Crippen LogP contribution is -2.18. The normalized spacial score (nSPS) is 18.5. The van der Waals surface area contributed by atoms with E-state index >= 15 is 0 Å². The Morgan fingerprint density at radius 3 is 3.06 bits per heavy atom. The maximum atomic E-state index is 5.84. The topological polar surface area (TPSA) is 63.9 Å². The molecule has 88 valence electrons. The van der Waals surface area contributed by atoms with Crippen molar-refractivity contribution in [3.8, 4) is 17.0 Å². The molecular formula is C13H15N3O. The second-order valence-corrected chi connectivity index (χ2v) is 4.50. The summed E-state index contributed by atoms with van der Waals surface area (Å²) in [6, 6.07) is 8.07. The second-order valence-electron chi connectivity index (χ2n) is 4.50. The van der Waals surface area contributed by atoms with Crippen LogP contribution >= 0.6 is 0 Å². The van der Waals surface area contributed by atoms with Crippen LogP contribution in [0.5, 0.6) is 5.75 Å². The third-order valence-electron chi connectivity index (χ3n) is 3.12. The minimum Gasteiger partial charge on any atom is -0.490 e. The molecule has 1 aliphatic rings. The number of aryl methyl sites for hydroxylation is 1. The van der Waals surface area contributed by atoms with Crippen LogP contribution in [0.15, 0.2) is 24.3 Å². The molecule has 0 amide bonds. The zero-order chi connectivity index (χ0) is 11.8. The third kappa shape index (κ3) is 1.86. The van der Waals surface area contributed by atoms with Crippen molar-refractivity contribution in [3.05, 3.63) is 29.8 Å². The molecule has 1 unspecified atom stereocenters. The zero-order valence-electron chi connectivity index (χ0n) is 9.73. The number of H-pyrrole nitrogens is 1. The number of nitrogen functional groups attached to an aromatic ring is 1. The smallest absolute Gasteiger partial charge is 0.145 e. The first-order chi connectivity index (χ1) is 8.22. The van der Waals surface area contributed by atoms with Crippen LogP contribution in [-0.4, -0.2) is 16.3 Å². The summed E-state index contributed by atoms with van der Waals surface area (Å²) in [5, 5.41) is 6.84. The van der Waals surface area contributed by atoms with Gasteiger partial charge >= 0.3 is 0 Å². The van der Waals surface area contributed by atoms with E-state index in [2.05, 4.69) is 35.3 Å². The van der Waals surface area contributed by atoms with Crippen molar-refractivity contribution in [1.29, 1.82) is 0 Å². The van der Waals surface area contributed by atoms with Crippen molar-refractivity contribution in [1.82, 2.24) is 10.2 Å². The molecule has 2 heterocycles. The molecule has 3 rings (SSSR count). The number of anilines is 1. The van der Waals surface area contributed by atoms with Gasteiger partial charge < -0.3 is 10.5 Å². The number of aromatic amines is 1. The van der Waals surface area contributed by atoms with Crippen LogP contribution in [0.1, 0.15) is 18.9 Å². The van der Waals surface area contributed by atoms with Gasteiger partial charge in [0.15, 0.2) is 0 Å². The molecule has 0 aliphatic carbocycles. The van der Waals surface area contributed by atoms with Crippen molar-refractivity contribution >= 4 is 5.82 Å². The number of nitrogens with two attached hydrogens (primary N) is 1. The van der Waals surface area contributed by atoms with Gasteiger partial charge in [0.2, 0.25) is 0 Å². The van der Waals surface area contributed by atoms with Crippen molar-refractivity contribution in [2.45, 2.75) is 25.9 Å². The average Bonchev–Trinajstić information content (AvgIpc) is 2.75. The van der Waals surface area contributed by atoms with Crippen LogP contribution in [0.2, 0.25) is 0 Å². The van der Waals surface area contributed by atoms with Gasteiger partial charge in [0.05, 0.1) is 11.8 Å². The summed E-state index contributed by atoms with van der Waals surface area (Å²) in [5.74, 6) is 1.49. The number of nitrogens with zero attached hydrogens (tertiary/aromatic N) is 1. The van der Waals surface area contributed by atoms with Gasteiger partial charge in [0.25, 0.3) is 0 Å². The average molecular weight is 229 g/mol. The Kier molecular flexibility index (Phi) is 2.28. The molecule has 2 aromatic rings. The van der Waals surface area contributed by atoms with Gasteiger partial charge in [-0.2, -0.15) is 5.10 Å². The minimum absolute atomic E-state index is 0.296. The largest absolute Gasteiger partial charge is 0.490 e. The lowest BCUT2D eigenvalue weighted by atomic mass is 10.00. The van der Waals surface area contributed by atoms with Crippen molar-refractivity contribution < 1.29 is 4.74 Å². The Hall–Kier alpha value is -1.97. The minimum atomic E-state index is 0.296. The van der Waals surface area contributed by atoms with Gasteiger partial charge in [-0.1, -0.05) is 12.1 Å². The molecule has 0 saturated carbocycles. The maximum absolute atomic E-state index is 5.84. The van der Waals surface area contributed by atoms with Gasteiger partial charge in [0.1, 0.15) is 11.6 Å². The summed E-state index contributed by atoms with van der Waals surface area (Å²) in [5.41, 5.74) is 8.86. The molecule has 0 saturated heterocycles. The number of aromatic nitrogens is 2. The molecule has 4 heteroatoms. The summed E-state index contributed by atoms with van der Waals surface area (Å²) in [6.45, 7) is 2.10. The molecule has 0 bridgehead atoms. The molecule has 1 atom stereocenters. The van der Waals surface area contributed by atoms with E-state index in [1.807, 2.05) is 6.07 Å². The Morgan fingerprint density at radius 1 is 1.41 bits per heavy atom. The van der Waals surface area contributed by atoms with Gasteiger partial charge in [-0.15, -0.1) is 0 Å². The molecule has 0 spiro atoms. The summed E-state index contributed by atoms with van der Waals surface area (Å²) in [7, 11) is 0. The first-order valence-corrected chi connectivity index (χ1v) is 5.83. The van der Waals surface area contributed by atoms with E-state index in [1.165, 1.54) is 5.56 Å². The van der Waals surface area contributed by atoms with Crippen molar-refractivity contribution in [2.75, 3.05) is 5.73 Å². The summed E-state index contributed by atoms with van der Waals surface area (Å²) >= 11 is 0. The van der Waals surface area contributed by atoms with Gasteiger partial charge in [-0.3, -0.25) is 5.10 Å². The lowest BCUT2D eigenvalue weighted by molar-refractivity contribution is 0.192. The first kappa shape index (κ1) is 10.2. The predicted molar refractivity (Wildman–Crippen MR) is 66.8 cm³/mol. The Labute approximate surface area is 99.8 Å². The Bertz CT molecular complexity index is 547. The van der Waals surface area contributed by atoms with Crippen LogP contribution < -0.4 is 10.5 Å². The van der Waals surface area contributed by atoms with E-state index in [9.17, 15) is 0 Å². The van der Waals surface area contributed by atoms with Gasteiger partial charge in [-0.05, 0) is 31.4 Å². The number of rotatable bonds is 1. The number of benzene rings is 1. The lowest BCUT2D eigenvalue weighted by Gasteiger charge is -2.23. The van der Waals surface area contributed by atoms with Crippen LogP contribution in [0.25, 0.3) is 11.3 Å². The third-order valence-corrected chi connectivity index (χ3v) is 3.12. The van der Waals surface area contributed by atoms with Gasteiger partial charge in [-0.25, -0.2) is 0 Å². The van der Waals surface area contributed by atoms with Crippen LogP contribution in [0.4, 0.5) is 5.82 Å². The summed E-state index contributed by atoms with van der Waals surface area (Å²) in [6.07, 6.45) is 2.47. The van der Waals surface area contributed by atoms with Crippen molar-refractivity contribution in [2.24, 2.45) is 0 Å². The number of fused-ring (bicyclic) bond motifs is 1. The van der Waals surface area contributed by atoms with Crippen LogP contribution in [0.3, 0.4) is 0 Å². The molecule has 1 aromatic carbocycles. The molecule has 17 heavy (non-hydrogen) atoms. The Morgan fingerprint density at radius 2 is 2.29 bits per heavy atom. The van der Waals surface area contributed by atoms with E-state index in [0.29, 0.717) is 11.9 Å². The molecule has 1 aromatic heterocycles. The number of hydrogen-bond acceptors (Lipinski definition) is 3. The molecule has 1 aliphatic heterocycles. The number of hydrogen-bond donors (Lipinski definition) is 2. The fourth-order valence-corrected chi connectivity index (χ4v) is 2.16. The summed E-state index contributed by atoms with van der Waals surface area (Å²) < 4.78 is 5.84. The van der Waals surface area contributed by atoms with E-state index in [-0.39, 0.29) is 0 Å². The van der Waals surface area contributed by atoms with Crippen LogP contribution in [-0.2, 0) is 6.42 Å². The zero-order valence-corrected chi connectivity index (χ0v) is 9.73. The maximum Gasteiger partial charge on any atom is 0.145 e.